The van der Waals surface area contributed by atoms with Gasteiger partial charge in [0.1, 0.15) is 0 Å². The molecule has 0 heterocycles. The van der Waals surface area contributed by atoms with Crippen LogP contribution in [0.3, 0.4) is 0 Å². The van der Waals surface area contributed by atoms with Crippen LogP contribution in [0.1, 0.15) is 5.56 Å². The minimum Gasteiger partial charge on any atom is -0.504 e. The highest BCUT2D eigenvalue weighted by Gasteiger charge is 2.11. The second-order valence-corrected chi connectivity index (χ2v) is 4.71. The fourth-order valence-electron chi connectivity index (χ4n) is 1.85. The number of anilines is 1. The zero-order valence-corrected chi connectivity index (χ0v) is 11.9. The first-order valence-corrected chi connectivity index (χ1v) is 6.42. The molecule has 7 heteroatoms. The van der Waals surface area contributed by atoms with Crippen LogP contribution in [0.25, 0.3) is 0 Å². The van der Waals surface area contributed by atoms with Gasteiger partial charge in [0, 0.05) is 41.0 Å². The standard InChI is InChI=1S/C14H13ClN2O4/c1-21-13-6-10(15)5-9(14(13)18)8-16-11-3-2-4-12(7-11)17(19)20/h2-7,16,18H,8H2,1H3. The van der Waals surface area contributed by atoms with E-state index in [9.17, 15) is 15.2 Å². The van der Waals surface area contributed by atoms with E-state index in [-0.39, 0.29) is 23.7 Å². The van der Waals surface area contributed by atoms with E-state index < -0.39 is 4.92 Å². The SMILES string of the molecule is COc1cc(Cl)cc(CNc2cccc([N+](=O)[O-])c2)c1O. The molecule has 2 aromatic rings. The monoisotopic (exact) mass is 308 g/mol. The van der Waals surface area contributed by atoms with Gasteiger partial charge in [0.05, 0.1) is 12.0 Å². The van der Waals surface area contributed by atoms with Gasteiger partial charge < -0.3 is 15.2 Å². The van der Waals surface area contributed by atoms with Crippen LogP contribution in [0, 0.1) is 10.1 Å². The fourth-order valence-corrected chi connectivity index (χ4v) is 2.08. The lowest BCUT2D eigenvalue weighted by atomic mass is 10.1. The Morgan fingerprint density at radius 2 is 2.14 bits per heavy atom. The van der Waals surface area contributed by atoms with Crippen molar-refractivity contribution in [1.29, 1.82) is 0 Å². The van der Waals surface area contributed by atoms with Gasteiger partial charge in [-0.15, -0.1) is 0 Å². The summed E-state index contributed by atoms with van der Waals surface area (Å²) in [6.07, 6.45) is 0. The number of rotatable bonds is 5. The number of benzene rings is 2. The number of nitrogens with zero attached hydrogens (tertiary/aromatic N) is 1. The first-order valence-electron chi connectivity index (χ1n) is 6.05. The van der Waals surface area contributed by atoms with Crippen molar-refractivity contribution in [2.24, 2.45) is 0 Å². The minimum atomic E-state index is -0.467. The summed E-state index contributed by atoms with van der Waals surface area (Å²) in [7, 11) is 1.43. The summed E-state index contributed by atoms with van der Waals surface area (Å²) in [4.78, 5) is 10.2. The van der Waals surface area contributed by atoms with Crippen molar-refractivity contribution in [2.45, 2.75) is 6.54 Å². The lowest BCUT2D eigenvalue weighted by Gasteiger charge is -2.11. The molecule has 0 aliphatic rings. The van der Waals surface area contributed by atoms with Crippen molar-refractivity contribution in [3.63, 3.8) is 0 Å². The predicted molar refractivity (Wildman–Crippen MR) is 80.1 cm³/mol. The van der Waals surface area contributed by atoms with Crippen LogP contribution < -0.4 is 10.1 Å². The summed E-state index contributed by atoms with van der Waals surface area (Å²) in [5.74, 6) is 0.262. The number of phenols is 1. The van der Waals surface area contributed by atoms with Crippen LogP contribution >= 0.6 is 11.6 Å². The van der Waals surface area contributed by atoms with Crippen LogP contribution in [-0.4, -0.2) is 17.1 Å². The molecule has 2 N–H and O–H groups in total. The third-order valence-corrected chi connectivity index (χ3v) is 3.10. The number of non-ortho nitro benzene ring substituents is 1. The van der Waals surface area contributed by atoms with Gasteiger partial charge in [-0.25, -0.2) is 0 Å². The van der Waals surface area contributed by atoms with E-state index in [1.807, 2.05) is 0 Å². The maximum atomic E-state index is 10.7. The minimum absolute atomic E-state index is 0.00658. The number of nitrogens with one attached hydrogen (secondary N) is 1. The zero-order chi connectivity index (χ0) is 15.4. The maximum absolute atomic E-state index is 10.7. The first kappa shape index (κ1) is 14.9. The Hall–Kier alpha value is -2.47. The van der Waals surface area contributed by atoms with Crippen molar-refractivity contribution >= 4 is 23.0 Å². The summed E-state index contributed by atoms with van der Waals surface area (Å²) in [6, 6.07) is 9.21. The van der Waals surface area contributed by atoms with Crippen LogP contribution in [0.5, 0.6) is 11.5 Å². The summed E-state index contributed by atoms with van der Waals surface area (Å²) in [5, 5.41) is 24.1. The van der Waals surface area contributed by atoms with Gasteiger partial charge in [-0.2, -0.15) is 0 Å². The number of methoxy groups -OCH3 is 1. The van der Waals surface area contributed by atoms with Crippen molar-refractivity contribution in [3.05, 3.63) is 57.1 Å². The first-order chi connectivity index (χ1) is 10.0. The number of ether oxygens (including phenoxy) is 1. The number of nitro benzene ring substituents is 1. The molecule has 0 aromatic heterocycles. The van der Waals surface area contributed by atoms with Crippen molar-refractivity contribution in [1.82, 2.24) is 0 Å². The van der Waals surface area contributed by atoms with Gasteiger partial charge in [0.25, 0.3) is 5.69 Å². The number of aromatic hydroxyl groups is 1. The Labute approximate surface area is 126 Å². The second kappa shape index (κ2) is 6.32. The summed E-state index contributed by atoms with van der Waals surface area (Å²) < 4.78 is 5.02. The molecular formula is C14H13ClN2O4. The smallest absolute Gasteiger partial charge is 0.271 e. The molecule has 0 bridgehead atoms. The molecule has 21 heavy (non-hydrogen) atoms. The third kappa shape index (κ3) is 3.55. The second-order valence-electron chi connectivity index (χ2n) is 4.28. The molecule has 0 saturated heterocycles. The average Bonchev–Trinajstić information content (AvgIpc) is 2.48. The number of phenolic OH excluding ortho intramolecular Hbond substituents is 1. The molecule has 2 aromatic carbocycles. The Balaban J connectivity index is 2.18. The van der Waals surface area contributed by atoms with E-state index in [2.05, 4.69) is 5.32 Å². The van der Waals surface area contributed by atoms with E-state index >= 15 is 0 Å². The molecule has 0 atom stereocenters. The fraction of sp³-hybridized carbons (Fsp3) is 0.143. The van der Waals surface area contributed by atoms with E-state index in [4.69, 9.17) is 16.3 Å². The molecule has 110 valence electrons. The maximum Gasteiger partial charge on any atom is 0.271 e. The molecule has 6 nitrogen and oxygen atoms in total. The van der Waals surface area contributed by atoms with Gasteiger partial charge in [0.15, 0.2) is 11.5 Å². The summed E-state index contributed by atoms with van der Waals surface area (Å²) in [6.45, 7) is 0.254. The molecule has 0 radical (unpaired) electrons. The molecular weight excluding hydrogens is 296 g/mol. The quantitative estimate of drug-likeness (QED) is 0.651. The highest BCUT2D eigenvalue weighted by molar-refractivity contribution is 6.30. The van der Waals surface area contributed by atoms with Crippen LogP contribution in [0.2, 0.25) is 5.02 Å². The highest BCUT2D eigenvalue weighted by atomic mass is 35.5. The molecule has 0 amide bonds. The zero-order valence-electron chi connectivity index (χ0n) is 11.2. The van der Waals surface area contributed by atoms with Crippen molar-refractivity contribution < 1.29 is 14.8 Å². The molecule has 2 rings (SSSR count). The molecule has 0 unspecified atom stereocenters. The average molecular weight is 309 g/mol. The van der Waals surface area contributed by atoms with Crippen LogP contribution in [0.15, 0.2) is 36.4 Å². The molecule has 0 aliphatic heterocycles. The number of hydrogen-bond donors (Lipinski definition) is 2. The third-order valence-electron chi connectivity index (χ3n) is 2.88. The Bertz CT molecular complexity index is 676. The normalized spacial score (nSPS) is 10.2. The molecule has 0 saturated carbocycles. The molecule has 0 fully saturated rings. The van der Waals surface area contributed by atoms with Crippen LogP contribution in [-0.2, 0) is 6.54 Å². The molecule has 0 spiro atoms. The van der Waals surface area contributed by atoms with E-state index in [1.165, 1.54) is 25.3 Å². The highest BCUT2D eigenvalue weighted by Crippen LogP contribution is 2.33. The largest absolute Gasteiger partial charge is 0.504 e. The van der Waals surface area contributed by atoms with Crippen molar-refractivity contribution in [3.8, 4) is 11.5 Å². The lowest BCUT2D eigenvalue weighted by molar-refractivity contribution is -0.384. The number of nitro groups is 1. The van der Waals surface area contributed by atoms with E-state index in [0.717, 1.165) is 0 Å². The lowest BCUT2D eigenvalue weighted by Crippen LogP contribution is -2.01. The van der Waals surface area contributed by atoms with Gasteiger partial charge in [0.2, 0.25) is 0 Å². The Morgan fingerprint density at radius 3 is 2.81 bits per heavy atom. The Kier molecular flexibility index (Phi) is 4.49. The van der Waals surface area contributed by atoms with Gasteiger partial charge >= 0.3 is 0 Å². The van der Waals surface area contributed by atoms with Gasteiger partial charge in [-0.3, -0.25) is 10.1 Å². The Morgan fingerprint density at radius 1 is 1.38 bits per heavy atom. The summed E-state index contributed by atoms with van der Waals surface area (Å²) >= 11 is 5.94. The van der Waals surface area contributed by atoms with Crippen molar-refractivity contribution in [2.75, 3.05) is 12.4 Å². The number of hydrogen-bond acceptors (Lipinski definition) is 5. The summed E-state index contributed by atoms with van der Waals surface area (Å²) in [5.41, 5.74) is 1.10. The number of halogens is 1. The van der Waals surface area contributed by atoms with E-state index in [1.54, 1.807) is 18.2 Å². The van der Waals surface area contributed by atoms with E-state index in [0.29, 0.717) is 16.3 Å². The molecule has 0 aliphatic carbocycles. The van der Waals surface area contributed by atoms with Crippen LogP contribution in [0.4, 0.5) is 11.4 Å². The van der Waals surface area contributed by atoms with Gasteiger partial charge in [-0.1, -0.05) is 17.7 Å². The predicted octanol–water partition coefficient (Wildman–Crippen LogP) is 3.57. The van der Waals surface area contributed by atoms with Gasteiger partial charge in [-0.05, 0) is 12.1 Å². The topological polar surface area (TPSA) is 84.6 Å².